The van der Waals surface area contributed by atoms with E-state index in [0.29, 0.717) is 12.6 Å². The Balaban J connectivity index is 1.61. The van der Waals surface area contributed by atoms with Gasteiger partial charge in [-0.15, -0.1) is 0 Å². The summed E-state index contributed by atoms with van der Waals surface area (Å²) in [4.78, 5) is 9.65. The van der Waals surface area contributed by atoms with Crippen molar-refractivity contribution < 1.29 is 0 Å². The van der Waals surface area contributed by atoms with Crippen LogP contribution in [0, 0.1) is 11.8 Å². The molecule has 0 amide bonds. The maximum Gasteiger partial charge on any atom is 0.225 e. The predicted molar refractivity (Wildman–Crippen MR) is 108 cm³/mol. The Kier molecular flexibility index (Phi) is 5.25. The summed E-state index contributed by atoms with van der Waals surface area (Å²) in [5.41, 5.74) is 8.02. The van der Waals surface area contributed by atoms with E-state index >= 15 is 0 Å². The number of nitrogens with zero attached hydrogens (tertiary/aromatic N) is 2. The lowest BCUT2D eigenvalue weighted by Gasteiger charge is -2.22. The van der Waals surface area contributed by atoms with Crippen molar-refractivity contribution in [3.05, 3.63) is 23.8 Å². The topological polar surface area (TPSA) is 75.9 Å². The standard InChI is InChI=1S/C21H31N5/c1-14(16-10-11-16)24-20-18-9-5-8-17(12-22)19(18)25-21(26-20)23-13-15-6-3-2-4-7-15/h5,8-9,14-16H,2-4,6-7,10-13,22H2,1H3,(H2,23,24,25,26)/t14-/m1/s1. The van der Waals surface area contributed by atoms with Gasteiger partial charge in [0, 0.05) is 24.5 Å². The molecule has 1 aromatic carbocycles. The highest BCUT2D eigenvalue weighted by atomic mass is 15.2. The van der Waals surface area contributed by atoms with E-state index in [2.05, 4.69) is 35.8 Å². The molecule has 1 heterocycles. The van der Waals surface area contributed by atoms with Crippen LogP contribution in [0.15, 0.2) is 18.2 Å². The van der Waals surface area contributed by atoms with Gasteiger partial charge in [-0.1, -0.05) is 31.4 Å². The molecule has 4 rings (SSSR count). The lowest BCUT2D eigenvalue weighted by Crippen LogP contribution is -2.21. The molecule has 0 unspecified atom stereocenters. The van der Waals surface area contributed by atoms with Crippen molar-refractivity contribution in [2.24, 2.45) is 17.6 Å². The Morgan fingerprint density at radius 1 is 1.12 bits per heavy atom. The number of nitrogens with two attached hydrogens (primary N) is 1. The first-order valence-corrected chi connectivity index (χ1v) is 10.2. The van der Waals surface area contributed by atoms with Gasteiger partial charge in [0.15, 0.2) is 0 Å². The molecule has 2 aromatic rings. The van der Waals surface area contributed by atoms with Crippen LogP contribution in [0.3, 0.4) is 0 Å². The van der Waals surface area contributed by atoms with Gasteiger partial charge < -0.3 is 16.4 Å². The average molecular weight is 354 g/mol. The van der Waals surface area contributed by atoms with Crippen LogP contribution >= 0.6 is 0 Å². The Hall–Kier alpha value is -1.88. The van der Waals surface area contributed by atoms with E-state index in [1.165, 1.54) is 44.9 Å². The second-order valence-corrected chi connectivity index (χ2v) is 8.07. The monoisotopic (exact) mass is 353 g/mol. The molecule has 1 aromatic heterocycles. The number of anilines is 2. The summed E-state index contributed by atoms with van der Waals surface area (Å²) in [6.45, 7) is 3.72. The van der Waals surface area contributed by atoms with E-state index in [-0.39, 0.29) is 0 Å². The van der Waals surface area contributed by atoms with Crippen molar-refractivity contribution in [1.29, 1.82) is 0 Å². The molecule has 1 atom stereocenters. The fraction of sp³-hybridized carbons (Fsp3) is 0.619. The van der Waals surface area contributed by atoms with Crippen molar-refractivity contribution in [2.45, 2.75) is 64.5 Å². The lowest BCUT2D eigenvalue weighted by atomic mass is 9.89. The maximum atomic E-state index is 5.97. The van der Waals surface area contributed by atoms with E-state index in [0.717, 1.165) is 46.6 Å². The number of benzene rings is 1. The fourth-order valence-electron chi connectivity index (χ4n) is 4.12. The van der Waals surface area contributed by atoms with Gasteiger partial charge >= 0.3 is 0 Å². The number of aromatic nitrogens is 2. The van der Waals surface area contributed by atoms with E-state index in [9.17, 15) is 0 Å². The van der Waals surface area contributed by atoms with E-state index in [1.807, 2.05) is 0 Å². The number of rotatable bonds is 7. The molecule has 5 nitrogen and oxygen atoms in total. The summed E-state index contributed by atoms with van der Waals surface area (Å²) < 4.78 is 0. The molecule has 0 radical (unpaired) electrons. The van der Waals surface area contributed by atoms with Gasteiger partial charge in [-0.25, -0.2) is 4.98 Å². The molecule has 0 saturated heterocycles. The maximum absolute atomic E-state index is 5.97. The molecule has 26 heavy (non-hydrogen) atoms. The van der Waals surface area contributed by atoms with Gasteiger partial charge in [-0.05, 0) is 56.1 Å². The first-order valence-electron chi connectivity index (χ1n) is 10.2. The van der Waals surface area contributed by atoms with Crippen LogP contribution in [0.4, 0.5) is 11.8 Å². The molecule has 0 bridgehead atoms. The van der Waals surface area contributed by atoms with E-state index < -0.39 is 0 Å². The molecule has 0 aliphatic heterocycles. The van der Waals surface area contributed by atoms with Crippen LogP contribution in [0.2, 0.25) is 0 Å². The summed E-state index contributed by atoms with van der Waals surface area (Å²) in [5.74, 6) is 3.19. The molecule has 5 heteroatoms. The lowest BCUT2D eigenvalue weighted by molar-refractivity contribution is 0.373. The fourth-order valence-corrected chi connectivity index (χ4v) is 4.12. The smallest absolute Gasteiger partial charge is 0.225 e. The molecule has 2 saturated carbocycles. The largest absolute Gasteiger partial charge is 0.367 e. The van der Waals surface area contributed by atoms with Gasteiger partial charge in [0.05, 0.1) is 5.52 Å². The number of hydrogen-bond donors (Lipinski definition) is 3. The van der Waals surface area contributed by atoms with Crippen molar-refractivity contribution in [1.82, 2.24) is 9.97 Å². The van der Waals surface area contributed by atoms with Crippen molar-refractivity contribution in [3.63, 3.8) is 0 Å². The van der Waals surface area contributed by atoms with Crippen molar-refractivity contribution >= 4 is 22.7 Å². The van der Waals surface area contributed by atoms with Crippen LogP contribution in [0.25, 0.3) is 10.9 Å². The first kappa shape index (κ1) is 17.5. The predicted octanol–water partition coefficient (Wildman–Crippen LogP) is 4.29. The van der Waals surface area contributed by atoms with Crippen molar-refractivity contribution in [2.75, 3.05) is 17.2 Å². The van der Waals surface area contributed by atoms with Gasteiger partial charge in [0.25, 0.3) is 0 Å². The minimum Gasteiger partial charge on any atom is -0.367 e. The summed E-state index contributed by atoms with van der Waals surface area (Å²) in [6.07, 6.45) is 9.37. The van der Waals surface area contributed by atoms with Gasteiger partial charge in [-0.2, -0.15) is 4.98 Å². The summed E-state index contributed by atoms with van der Waals surface area (Å²) >= 11 is 0. The van der Waals surface area contributed by atoms with Crippen LogP contribution in [-0.2, 0) is 6.54 Å². The summed E-state index contributed by atoms with van der Waals surface area (Å²) in [7, 11) is 0. The Bertz CT molecular complexity index is 749. The highest BCUT2D eigenvalue weighted by Crippen LogP contribution is 2.35. The molecular formula is C21H31N5. The van der Waals surface area contributed by atoms with Crippen LogP contribution < -0.4 is 16.4 Å². The average Bonchev–Trinajstić information content (AvgIpc) is 3.52. The van der Waals surface area contributed by atoms with Gasteiger partial charge in [0.2, 0.25) is 5.95 Å². The number of fused-ring (bicyclic) bond motifs is 1. The zero-order valence-electron chi connectivity index (χ0n) is 15.8. The first-order chi connectivity index (χ1) is 12.7. The highest BCUT2D eigenvalue weighted by Gasteiger charge is 2.28. The van der Waals surface area contributed by atoms with E-state index in [4.69, 9.17) is 15.7 Å². The Morgan fingerprint density at radius 2 is 1.92 bits per heavy atom. The van der Waals surface area contributed by atoms with Crippen molar-refractivity contribution in [3.8, 4) is 0 Å². The van der Waals surface area contributed by atoms with Gasteiger partial charge in [-0.3, -0.25) is 0 Å². The zero-order chi connectivity index (χ0) is 17.9. The molecule has 2 aliphatic rings. The molecule has 2 aliphatic carbocycles. The van der Waals surface area contributed by atoms with Crippen LogP contribution in [0.1, 0.15) is 57.4 Å². The minimum atomic E-state index is 0.445. The second kappa shape index (κ2) is 7.78. The van der Waals surface area contributed by atoms with E-state index in [1.54, 1.807) is 0 Å². The SMILES string of the molecule is C[C@@H](Nc1nc(NCC2CCCCC2)nc2c(CN)cccc12)C1CC1. The second-order valence-electron chi connectivity index (χ2n) is 8.07. The number of para-hydroxylation sites is 1. The summed E-state index contributed by atoms with van der Waals surface area (Å²) in [5, 5.41) is 8.23. The quantitative estimate of drug-likeness (QED) is 0.692. The Morgan fingerprint density at radius 3 is 2.65 bits per heavy atom. The third kappa shape index (κ3) is 3.93. The minimum absolute atomic E-state index is 0.445. The Labute approximate surface area is 156 Å². The normalized spacial score (nSPS) is 19.5. The molecular weight excluding hydrogens is 322 g/mol. The molecule has 4 N–H and O–H groups in total. The zero-order valence-corrected chi connectivity index (χ0v) is 15.8. The van der Waals surface area contributed by atoms with Crippen LogP contribution in [0.5, 0.6) is 0 Å². The molecule has 140 valence electrons. The van der Waals surface area contributed by atoms with Crippen LogP contribution in [-0.4, -0.2) is 22.6 Å². The molecule has 0 spiro atoms. The molecule has 2 fully saturated rings. The summed E-state index contributed by atoms with van der Waals surface area (Å²) in [6, 6.07) is 6.66. The van der Waals surface area contributed by atoms with Gasteiger partial charge in [0.1, 0.15) is 5.82 Å². The third-order valence-corrected chi connectivity index (χ3v) is 6.00. The third-order valence-electron chi connectivity index (χ3n) is 6.00. The number of hydrogen-bond acceptors (Lipinski definition) is 5. The highest BCUT2D eigenvalue weighted by molar-refractivity contribution is 5.92. The number of nitrogens with one attached hydrogen (secondary N) is 2.